The lowest BCUT2D eigenvalue weighted by Gasteiger charge is -2.37. The minimum Gasteiger partial charge on any atom is -0.339 e. The molecule has 1 unspecified atom stereocenters. The number of carbonyl (C=O) groups excluding carboxylic acids is 2. The van der Waals surface area contributed by atoms with E-state index in [0.717, 1.165) is 25.1 Å². The predicted octanol–water partition coefficient (Wildman–Crippen LogP) is 1.95. The molecule has 2 fully saturated rings. The summed E-state index contributed by atoms with van der Waals surface area (Å²) in [5.74, 6) is -2.99. The van der Waals surface area contributed by atoms with Crippen LogP contribution in [0, 0.1) is 0 Å². The number of nitrogens with zero attached hydrogens (tertiary/aromatic N) is 3. The van der Waals surface area contributed by atoms with Gasteiger partial charge in [-0.3, -0.25) is 19.8 Å². The molecule has 2 saturated heterocycles. The molecule has 1 N–H and O–H groups in total. The van der Waals surface area contributed by atoms with Crippen LogP contribution in [-0.4, -0.2) is 79.4 Å². The molecule has 0 radical (unpaired) electrons. The highest BCUT2D eigenvalue weighted by Gasteiger charge is 2.43. The van der Waals surface area contributed by atoms with E-state index in [9.17, 15) is 18.4 Å². The summed E-state index contributed by atoms with van der Waals surface area (Å²) in [7, 11) is 0. The van der Waals surface area contributed by atoms with Gasteiger partial charge in [-0.2, -0.15) is 0 Å². The van der Waals surface area contributed by atoms with Crippen molar-refractivity contribution in [2.45, 2.75) is 31.2 Å². The van der Waals surface area contributed by atoms with Crippen molar-refractivity contribution in [3.8, 4) is 0 Å². The molecular formula is C20H28Cl2F2N4O2. The minimum absolute atomic E-state index is 0. The Labute approximate surface area is 187 Å². The van der Waals surface area contributed by atoms with E-state index < -0.39 is 24.9 Å². The number of hydrogen-bond donors (Lipinski definition) is 1. The quantitative estimate of drug-likeness (QED) is 0.742. The zero-order valence-electron chi connectivity index (χ0n) is 16.7. The van der Waals surface area contributed by atoms with Crippen molar-refractivity contribution in [1.82, 2.24) is 15.1 Å². The van der Waals surface area contributed by atoms with Crippen LogP contribution >= 0.6 is 24.8 Å². The molecule has 2 amide bonds. The summed E-state index contributed by atoms with van der Waals surface area (Å²) in [6.45, 7) is 2.70. The monoisotopic (exact) mass is 464 g/mol. The van der Waals surface area contributed by atoms with Gasteiger partial charge in [-0.05, 0) is 24.5 Å². The number of benzene rings is 1. The van der Waals surface area contributed by atoms with Gasteiger partial charge in [-0.25, -0.2) is 8.78 Å². The fourth-order valence-corrected chi connectivity index (χ4v) is 4.31. The molecule has 3 aliphatic rings. The van der Waals surface area contributed by atoms with E-state index in [2.05, 4.69) is 11.4 Å². The van der Waals surface area contributed by atoms with Crippen LogP contribution in [0.15, 0.2) is 24.3 Å². The third-order valence-electron chi connectivity index (χ3n) is 5.86. The number of halogens is 4. The molecule has 0 aliphatic carbocycles. The normalized spacial score (nSPS) is 23.2. The van der Waals surface area contributed by atoms with Crippen LogP contribution in [0.5, 0.6) is 0 Å². The van der Waals surface area contributed by atoms with E-state index in [1.807, 2.05) is 28.0 Å². The molecular weight excluding hydrogens is 437 g/mol. The van der Waals surface area contributed by atoms with Gasteiger partial charge in [0.1, 0.15) is 0 Å². The highest BCUT2D eigenvalue weighted by Crippen LogP contribution is 2.27. The number of fused-ring (bicyclic) bond motifs is 1. The second-order valence-corrected chi connectivity index (χ2v) is 7.87. The second kappa shape index (κ2) is 10.2. The lowest BCUT2D eigenvalue weighted by molar-refractivity contribution is -0.135. The number of hydrogen-bond acceptors (Lipinski definition) is 4. The van der Waals surface area contributed by atoms with Crippen molar-refractivity contribution in [2.24, 2.45) is 0 Å². The Kier molecular flexibility index (Phi) is 8.44. The summed E-state index contributed by atoms with van der Waals surface area (Å²) in [6, 6.07) is 7.22. The first-order valence-corrected chi connectivity index (χ1v) is 9.94. The average molecular weight is 465 g/mol. The number of nitrogens with one attached hydrogen (secondary N) is 1. The van der Waals surface area contributed by atoms with Crippen molar-refractivity contribution >= 4 is 42.3 Å². The molecule has 4 rings (SSSR count). The van der Waals surface area contributed by atoms with E-state index >= 15 is 0 Å². The van der Waals surface area contributed by atoms with Crippen molar-refractivity contribution in [3.05, 3.63) is 29.8 Å². The Balaban J connectivity index is 0.00000160. The van der Waals surface area contributed by atoms with Gasteiger partial charge >= 0.3 is 0 Å². The largest absolute Gasteiger partial charge is 0.339 e. The molecule has 168 valence electrons. The number of carbonyl (C=O) groups is 2. The fourth-order valence-electron chi connectivity index (χ4n) is 4.31. The number of piperazine rings is 1. The molecule has 3 heterocycles. The van der Waals surface area contributed by atoms with Gasteiger partial charge in [0, 0.05) is 44.8 Å². The maximum absolute atomic E-state index is 13.3. The van der Waals surface area contributed by atoms with Gasteiger partial charge in [-0.15, -0.1) is 24.8 Å². The number of amides is 2. The maximum atomic E-state index is 13.3. The number of aryl methyl sites for hydroxylation is 1. The van der Waals surface area contributed by atoms with Gasteiger partial charge < -0.3 is 9.80 Å². The molecule has 1 atom stereocenters. The van der Waals surface area contributed by atoms with Crippen LogP contribution in [-0.2, 0) is 16.0 Å². The Morgan fingerprint density at radius 1 is 1.07 bits per heavy atom. The summed E-state index contributed by atoms with van der Waals surface area (Å²) in [6.07, 6.45) is 1.53. The zero-order chi connectivity index (χ0) is 19.7. The Morgan fingerprint density at radius 2 is 1.77 bits per heavy atom. The molecule has 1 aromatic rings. The van der Waals surface area contributed by atoms with E-state index in [4.69, 9.17) is 0 Å². The van der Waals surface area contributed by atoms with E-state index in [1.54, 1.807) is 4.90 Å². The van der Waals surface area contributed by atoms with Crippen LogP contribution in [0.25, 0.3) is 0 Å². The first-order valence-electron chi connectivity index (χ1n) is 9.94. The summed E-state index contributed by atoms with van der Waals surface area (Å²) < 4.78 is 26.7. The van der Waals surface area contributed by atoms with Gasteiger partial charge in [0.2, 0.25) is 11.8 Å². The molecule has 1 aromatic carbocycles. The molecule has 30 heavy (non-hydrogen) atoms. The predicted molar refractivity (Wildman–Crippen MR) is 116 cm³/mol. The lowest BCUT2D eigenvalue weighted by Crippen LogP contribution is -2.54. The summed E-state index contributed by atoms with van der Waals surface area (Å²) in [5, 5.41) is 2.62. The maximum Gasteiger partial charge on any atom is 0.262 e. The molecule has 0 saturated carbocycles. The van der Waals surface area contributed by atoms with Crippen LogP contribution in [0.2, 0.25) is 0 Å². The summed E-state index contributed by atoms with van der Waals surface area (Å²) in [4.78, 5) is 30.8. The van der Waals surface area contributed by atoms with Gasteiger partial charge in [-0.1, -0.05) is 18.2 Å². The Bertz CT molecular complexity index is 760. The molecule has 6 nitrogen and oxygen atoms in total. The van der Waals surface area contributed by atoms with E-state index in [1.165, 1.54) is 5.56 Å². The van der Waals surface area contributed by atoms with Crippen molar-refractivity contribution in [3.63, 3.8) is 0 Å². The second-order valence-electron chi connectivity index (χ2n) is 7.87. The van der Waals surface area contributed by atoms with Crippen LogP contribution in [0.3, 0.4) is 0 Å². The van der Waals surface area contributed by atoms with E-state index in [0.29, 0.717) is 32.7 Å². The van der Waals surface area contributed by atoms with Crippen LogP contribution < -0.4 is 10.2 Å². The molecule has 10 heteroatoms. The first-order chi connectivity index (χ1) is 13.4. The lowest BCUT2D eigenvalue weighted by atomic mass is 10.0. The standard InChI is InChI=1S/C20H26F2N4O2.2ClH/c21-20(22)12-16(23-14-20)19(28)25-10-8-24(9-11-25)13-18(27)26-7-3-5-15-4-1-2-6-17(15)26;;/h1-2,4,6,16,23H,3,5,7-14H2;2*1H. The topological polar surface area (TPSA) is 55.9 Å². The third kappa shape index (κ3) is 5.41. The average Bonchev–Trinajstić information content (AvgIpc) is 3.07. The Morgan fingerprint density at radius 3 is 2.43 bits per heavy atom. The fraction of sp³-hybridized carbons (Fsp3) is 0.600. The van der Waals surface area contributed by atoms with Gasteiger partial charge in [0.15, 0.2) is 0 Å². The smallest absolute Gasteiger partial charge is 0.262 e. The van der Waals surface area contributed by atoms with Gasteiger partial charge in [0.05, 0.1) is 19.1 Å². The van der Waals surface area contributed by atoms with E-state index in [-0.39, 0.29) is 36.6 Å². The van der Waals surface area contributed by atoms with Crippen molar-refractivity contribution in [2.75, 3.05) is 50.7 Å². The summed E-state index contributed by atoms with van der Waals surface area (Å²) >= 11 is 0. The SMILES string of the molecule is Cl.Cl.O=C(C1CC(F)(F)CN1)N1CCN(CC(=O)N2CCCc3ccccc32)CC1. The molecule has 0 aromatic heterocycles. The highest BCUT2D eigenvalue weighted by atomic mass is 35.5. The first kappa shape index (κ1) is 24.8. The van der Waals surface area contributed by atoms with Crippen molar-refractivity contribution < 1.29 is 18.4 Å². The summed E-state index contributed by atoms with van der Waals surface area (Å²) in [5.41, 5.74) is 2.21. The highest BCUT2D eigenvalue weighted by molar-refractivity contribution is 5.96. The molecule has 0 bridgehead atoms. The van der Waals surface area contributed by atoms with Crippen molar-refractivity contribution in [1.29, 1.82) is 0 Å². The molecule has 0 spiro atoms. The Hall–Kier alpha value is -1.48. The number of rotatable bonds is 3. The number of alkyl halides is 2. The van der Waals surface area contributed by atoms with Gasteiger partial charge in [0.25, 0.3) is 5.92 Å². The third-order valence-corrected chi connectivity index (χ3v) is 5.86. The molecule has 3 aliphatic heterocycles. The zero-order valence-corrected chi connectivity index (χ0v) is 18.3. The van der Waals surface area contributed by atoms with Crippen LogP contribution in [0.1, 0.15) is 18.4 Å². The minimum atomic E-state index is -2.81. The number of anilines is 1. The van der Waals surface area contributed by atoms with Crippen LogP contribution in [0.4, 0.5) is 14.5 Å². The number of para-hydroxylation sites is 1.